The van der Waals surface area contributed by atoms with Gasteiger partial charge in [0.1, 0.15) is 17.2 Å². The molecule has 0 aromatic carbocycles. The molecule has 1 rings (SSSR count). The molecule has 0 radical (unpaired) electrons. The maximum Gasteiger partial charge on any atom is 0.150 e. The van der Waals surface area contributed by atoms with Gasteiger partial charge in [0.25, 0.3) is 0 Å². The minimum absolute atomic E-state index is 0.305. The normalized spacial score (nSPS) is 13.1. The van der Waals surface area contributed by atoms with Gasteiger partial charge in [-0.25, -0.2) is 9.97 Å². The minimum Gasteiger partial charge on any atom is -0.382 e. The van der Waals surface area contributed by atoms with Crippen molar-refractivity contribution in [1.29, 1.82) is 0 Å². The van der Waals surface area contributed by atoms with Crippen molar-refractivity contribution in [2.45, 2.75) is 26.3 Å². The lowest BCUT2D eigenvalue weighted by Gasteiger charge is -2.26. The molecule has 0 fully saturated rings. The highest BCUT2D eigenvalue weighted by atomic mass is 35.5. The van der Waals surface area contributed by atoms with E-state index in [2.05, 4.69) is 48.1 Å². The van der Waals surface area contributed by atoms with Gasteiger partial charge in [0, 0.05) is 12.6 Å². The highest BCUT2D eigenvalue weighted by molar-refractivity contribution is 6.35. The zero-order chi connectivity index (χ0) is 13.7. The molecule has 0 saturated heterocycles. The largest absolute Gasteiger partial charge is 0.382 e. The summed E-state index contributed by atoms with van der Waals surface area (Å²) in [5.74, 6) is 1.55. The molecule has 5 nitrogen and oxygen atoms in total. The van der Waals surface area contributed by atoms with E-state index in [1.165, 1.54) is 6.33 Å². The lowest BCUT2D eigenvalue weighted by atomic mass is 10.0. The Morgan fingerprint density at radius 2 is 2.06 bits per heavy atom. The predicted octanol–water partition coefficient (Wildman–Crippen LogP) is 2.10. The number of aromatic nitrogens is 2. The number of halogens is 1. The maximum atomic E-state index is 6.04. The summed E-state index contributed by atoms with van der Waals surface area (Å²) in [6, 6.07) is 0.428. The van der Waals surface area contributed by atoms with Crippen molar-refractivity contribution in [3.05, 3.63) is 11.3 Å². The average molecular weight is 272 g/mol. The summed E-state index contributed by atoms with van der Waals surface area (Å²) < 4.78 is 0. The van der Waals surface area contributed by atoms with Crippen LogP contribution in [0.15, 0.2) is 6.33 Å². The predicted molar refractivity (Wildman–Crippen MR) is 76.9 cm³/mol. The molecule has 0 aliphatic rings. The number of anilines is 2. The lowest BCUT2D eigenvalue weighted by molar-refractivity contribution is 0.266. The minimum atomic E-state index is 0.305. The number of nitrogen functional groups attached to an aromatic ring is 1. The van der Waals surface area contributed by atoms with Crippen LogP contribution in [0.2, 0.25) is 5.02 Å². The molecule has 102 valence electrons. The molecular formula is C12H22ClN5. The van der Waals surface area contributed by atoms with Crippen molar-refractivity contribution < 1.29 is 0 Å². The molecule has 18 heavy (non-hydrogen) atoms. The Morgan fingerprint density at radius 3 is 2.61 bits per heavy atom. The molecule has 0 spiro atoms. The Labute approximate surface area is 114 Å². The highest BCUT2D eigenvalue weighted by Crippen LogP contribution is 2.23. The van der Waals surface area contributed by atoms with Crippen LogP contribution in [0.25, 0.3) is 0 Å². The first-order chi connectivity index (χ1) is 8.41. The number of nitrogens with zero attached hydrogens (tertiary/aromatic N) is 3. The van der Waals surface area contributed by atoms with Crippen LogP contribution < -0.4 is 11.1 Å². The van der Waals surface area contributed by atoms with E-state index >= 15 is 0 Å². The zero-order valence-corrected chi connectivity index (χ0v) is 12.2. The summed E-state index contributed by atoms with van der Waals surface area (Å²) in [7, 11) is 4.15. The van der Waals surface area contributed by atoms with Gasteiger partial charge in [-0.05, 0) is 26.4 Å². The Kier molecular flexibility index (Phi) is 5.62. The van der Waals surface area contributed by atoms with Crippen LogP contribution in [0.1, 0.15) is 20.3 Å². The van der Waals surface area contributed by atoms with Crippen molar-refractivity contribution in [3.63, 3.8) is 0 Å². The third-order valence-electron chi connectivity index (χ3n) is 2.80. The lowest BCUT2D eigenvalue weighted by Crippen LogP contribution is -2.35. The molecule has 3 N–H and O–H groups in total. The molecule has 0 aliphatic carbocycles. The van der Waals surface area contributed by atoms with E-state index in [4.69, 9.17) is 17.3 Å². The van der Waals surface area contributed by atoms with Gasteiger partial charge in [-0.3, -0.25) is 0 Å². The third kappa shape index (κ3) is 4.31. The van der Waals surface area contributed by atoms with Gasteiger partial charge in [0.05, 0.1) is 0 Å². The molecule has 1 atom stereocenters. The van der Waals surface area contributed by atoms with E-state index < -0.39 is 0 Å². The van der Waals surface area contributed by atoms with Gasteiger partial charge in [0.2, 0.25) is 0 Å². The van der Waals surface area contributed by atoms with Gasteiger partial charge in [-0.15, -0.1) is 0 Å². The summed E-state index contributed by atoms with van der Waals surface area (Å²) in [4.78, 5) is 10.1. The smallest absolute Gasteiger partial charge is 0.150 e. The van der Waals surface area contributed by atoms with Crippen LogP contribution in [-0.4, -0.2) is 41.5 Å². The summed E-state index contributed by atoms with van der Waals surface area (Å²) in [6.07, 6.45) is 2.52. The monoisotopic (exact) mass is 271 g/mol. The fraction of sp³-hybridized carbons (Fsp3) is 0.667. The van der Waals surface area contributed by atoms with Crippen molar-refractivity contribution in [2.24, 2.45) is 5.92 Å². The standard InChI is InChI=1S/C12H22ClN5/c1-8(2)5-9(18(3)4)6-15-12-10(13)11(14)16-7-17-12/h7-9H,5-6H2,1-4H3,(H3,14,15,16,17)/t9-/m0/s1. The van der Waals surface area contributed by atoms with E-state index in [1.807, 2.05) is 0 Å². The Hall–Kier alpha value is -1.07. The molecule has 0 bridgehead atoms. The average Bonchev–Trinajstić information content (AvgIpc) is 2.28. The second-order valence-electron chi connectivity index (χ2n) is 5.05. The van der Waals surface area contributed by atoms with Crippen LogP contribution >= 0.6 is 11.6 Å². The molecular weight excluding hydrogens is 250 g/mol. The molecule has 0 saturated carbocycles. The Morgan fingerprint density at radius 1 is 1.39 bits per heavy atom. The molecule has 6 heteroatoms. The van der Waals surface area contributed by atoms with Gasteiger partial charge in [-0.2, -0.15) is 0 Å². The van der Waals surface area contributed by atoms with E-state index in [9.17, 15) is 0 Å². The molecule has 1 aromatic rings. The van der Waals surface area contributed by atoms with E-state index in [1.54, 1.807) is 0 Å². The summed E-state index contributed by atoms with van der Waals surface area (Å²) >= 11 is 6.04. The Balaban J connectivity index is 2.64. The van der Waals surface area contributed by atoms with Gasteiger partial charge in [-0.1, -0.05) is 25.4 Å². The van der Waals surface area contributed by atoms with Gasteiger partial charge >= 0.3 is 0 Å². The van der Waals surface area contributed by atoms with E-state index in [0.29, 0.717) is 28.6 Å². The van der Waals surface area contributed by atoms with Crippen LogP contribution in [-0.2, 0) is 0 Å². The van der Waals surface area contributed by atoms with E-state index in [-0.39, 0.29) is 0 Å². The number of likely N-dealkylation sites (N-methyl/N-ethyl adjacent to an activating group) is 1. The maximum absolute atomic E-state index is 6.04. The fourth-order valence-corrected chi connectivity index (χ4v) is 1.91. The molecule has 0 amide bonds. The van der Waals surface area contributed by atoms with Gasteiger partial charge < -0.3 is 16.0 Å². The SMILES string of the molecule is CC(C)C[C@@H](CNc1ncnc(N)c1Cl)N(C)C. The van der Waals surface area contributed by atoms with Crippen LogP contribution in [0, 0.1) is 5.92 Å². The summed E-state index contributed by atoms with van der Waals surface area (Å²) in [5, 5.41) is 3.62. The molecule has 1 heterocycles. The number of nitrogens with one attached hydrogen (secondary N) is 1. The molecule has 0 unspecified atom stereocenters. The quantitative estimate of drug-likeness (QED) is 0.829. The Bertz CT molecular complexity index is 381. The van der Waals surface area contributed by atoms with Crippen molar-refractivity contribution in [2.75, 3.05) is 31.7 Å². The summed E-state index contributed by atoms with van der Waals surface area (Å²) in [5.41, 5.74) is 5.63. The topological polar surface area (TPSA) is 67.1 Å². The van der Waals surface area contributed by atoms with Crippen LogP contribution in [0.5, 0.6) is 0 Å². The number of hydrogen-bond donors (Lipinski definition) is 2. The second-order valence-corrected chi connectivity index (χ2v) is 5.43. The molecule has 0 aliphatic heterocycles. The fourth-order valence-electron chi connectivity index (χ4n) is 1.74. The zero-order valence-electron chi connectivity index (χ0n) is 11.4. The number of hydrogen-bond acceptors (Lipinski definition) is 5. The van der Waals surface area contributed by atoms with Crippen molar-refractivity contribution in [3.8, 4) is 0 Å². The van der Waals surface area contributed by atoms with Crippen LogP contribution in [0.3, 0.4) is 0 Å². The molecule has 1 aromatic heterocycles. The first kappa shape index (κ1) is 15.0. The van der Waals surface area contributed by atoms with Crippen molar-refractivity contribution in [1.82, 2.24) is 14.9 Å². The van der Waals surface area contributed by atoms with E-state index in [0.717, 1.165) is 13.0 Å². The number of rotatable bonds is 6. The van der Waals surface area contributed by atoms with Crippen molar-refractivity contribution >= 4 is 23.2 Å². The van der Waals surface area contributed by atoms with Crippen LogP contribution in [0.4, 0.5) is 11.6 Å². The first-order valence-electron chi connectivity index (χ1n) is 6.08. The summed E-state index contributed by atoms with van der Waals surface area (Å²) in [6.45, 7) is 5.21. The first-order valence-corrected chi connectivity index (χ1v) is 6.45. The van der Waals surface area contributed by atoms with Gasteiger partial charge in [0.15, 0.2) is 5.82 Å². The third-order valence-corrected chi connectivity index (χ3v) is 3.17. The highest BCUT2D eigenvalue weighted by Gasteiger charge is 2.14. The number of nitrogens with two attached hydrogens (primary N) is 1. The second kappa shape index (κ2) is 6.75.